The number of hydrogen-bond donors (Lipinski definition) is 3. The third-order valence-electron chi connectivity index (χ3n) is 7.15. The average molecular weight is 547 g/mol. The van der Waals surface area contributed by atoms with E-state index in [-0.39, 0.29) is 11.8 Å². The zero-order valence-corrected chi connectivity index (χ0v) is 24.4. The molecule has 1 aliphatic rings. The number of carbonyl (C=O) groups excluding carboxylic acids is 2. The third kappa shape index (κ3) is 6.40. The summed E-state index contributed by atoms with van der Waals surface area (Å²) in [5.74, 6) is 0.0452. The van der Waals surface area contributed by atoms with Crippen molar-refractivity contribution in [3.05, 3.63) is 82.2 Å². The lowest BCUT2D eigenvalue weighted by Gasteiger charge is -2.30. The summed E-state index contributed by atoms with van der Waals surface area (Å²) in [5, 5.41) is 5.96. The molecule has 0 spiro atoms. The predicted octanol–water partition coefficient (Wildman–Crippen LogP) is 5.28. The van der Waals surface area contributed by atoms with E-state index in [9.17, 15) is 13.8 Å². The molecule has 2 amide bonds. The summed E-state index contributed by atoms with van der Waals surface area (Å²) in [7, 11) is -1.25. The normalized spacial score (nSPS) is 14.8. The minimum atomic E-state index is -1.25. The van der Waals surface area contributed by atoms with Crippen LogP contribution in [0.4, 0.5) is 5.69 Å². The monoisotopic (exact) mass is 546 g/mol. The number of fused-ring (bicyclic) bond motifs is 1. The lowest BCUT2D eigenvalue weighted by atomic mass is 10.0. The van der Waals surface area contributed by atoms with E-state index in [1.807, 2.05) is 50.2 Å². The van der Waals surface area contributed by atoms with E-state index in [1.165, 1.54) is 0 Å². The first-order valence-electron chi connectivity index (χ1n) is 13.4. The molecule has 1 atom stereocenters. The molecule has 3 aromatic rings. The molecular weight excluding hydrogens is 508 g/mol. The van der Waals surface area contributed by atoms with Crippen molar-refractivity contribution in [1.29, 1.82) is 0 Å². The van der Waals surface area contributed by atoms with Gasteiger partial charge in [-0.2, -0.15) is 0 Å². The van der Waals surface area contributed by atoms with E-state index >= 15 is 0 Å². The molecule has 0 radical (unpaired) electrons. The van der Waals surface area contributed by atoms with E-state index in [0.717, 1.165) is 23.4 Å². The van der Waals surface area contributed by atoms with Crippen molar-refractivity contribution >= 4 is 40.0 Å². The SMILES string of the molecule is Cc1[nH]c(/C=C2\C(=O)Nc3ccc(S(=O)Cc4ccccc4)cc32)c(C)c1C(=O)NCCN(C(C)C)C(C)C. The van der Waals surface area contributed by atoms with E-state index in [1.54, 1.807) is 18.2 Å². The maximum absolute atomic E-state index is 13.1. The van der Waals surface area contributed by atoms with E-state index in [0.29, 0.717) is 57.4 Å². The van der Waals surface area contributed by atoms with Gasteiger partial charge in [0.05, 0.1) is 27.7 Å². The number of aromatic amines is 1. The van der Waals surface area contributed by atoms with Gasteiger partial charge in [-0.1, -0.05) is 30.3 Å². The van der Waals surface area contributed by atoms with Gasteiger partial charge >= 0.3 is 0 Å². The smallest absolute Gasteiger partial charge is 0.256 e. The molecule has 7 nitrogen and oxygen atoms in total. The number of aryl methyl sites for hydroxylation is 1. The van der Waals surface area contributed by atoms with Gasteiger partial charge in [-0.3, -0.25) is 18.7 Å². The standard InChI is InChI=1S/C31H38N4O3S/c1-19(2)35(20(3)4)15-14-32-31(37)29-21(5)28(33-22(29)6)17-26-25-16-24(12-13-27(25)34-30(26)36)39(38)18-23-10-8-7-9-11-23/h7-13,16-17,19-20,33H,14-15,18H2,1-6H3,(H,32,37)(H,34,36)/b26-17-. The van der Waals surface area contributed by atoms with Gasteiger partial charge in [-0.15, -0.1) is 0 Å². The van der Waals surface area contributed by atoms with Gasteiger partial charge in [0.15, 0.2) is 0 Å². The second-order valence-corrected chi connectivity index (χ2v) is 12.0. The Hall–Kier alpha value is -3.49. The van der Waals surface area contributed by atoms with Gasteiger partial charge in [0.1, 0.15) is 0 Å². The highest BCUT2D eigenvalue weighted by Crippen LogP contribution is 2.35. The van der Waals surface area contributed by atoms with Gasteiger partial charge < -0.3 is 15.6 Å². The summed E-state index contributed by atoms with van der Waals surface area (Å²) in [5.41, 5.74) is 5.70. The van der Waals surface area contributed by atoms with Crippen molar-refractivity contribution in [3.8, 4) is 0 Å². The quantitative estimate of drug-likeness (QED) is 0.302. The van der Waals surface area contributed by atoms with Crippen molar-refractivity contribution in [2.45, 2.75) is 64.3 Å². The van der Waals surface area contributed by atoms with Crippen LogP contribution in [-0.4, -0.2) is 51.1 Å². The molecule has 0 saturated heterocycles. The molecule has 0 fully saturated rings. The van der Waals surface area contributed by atoms with E-state index in [4.69, 9.17) is 0 Å². The Morgan fingerprint density at radius 1 is 1.05 bits per heavy atom. The van der Waals surface area contributed by atoms with Crippen LogP contribution in [0.2, 0.25) is 0 Å². The first-order chi connectivity index (χ1) is 18.6. The largest absolute Gasteiger partial charge is 0.358 e. The number of amides is 2. The van der Waals surface area contributed by atoms with Crippen LogP contribution in [0.15, 0.2) is 53.4 Å². The molecule has 0 aliphatic carbocycles. The number of anilines is 1. The first-order valence-corrected chi connectivity index (χ1v) is 14.7. The lowest BCUT2D eigenvalue weighted by molar-refractivity contribution is -0.110. The molecular formula is C31H38N4O3S. The fourth-order valence-corrected chi connectivity index (χ4v) is 6.30. The van der Waals surface area contributed by atoms with Crippen LogP contribution in [0.25, 0.3) is 11.6 Å². The molecule has 4 rings (SSSR count). The Morgan fingerprint density at radius 2 is 1.74 bits per heavy atom. The van der Waals surface area contributed by atoms with Crippen molar-refractivity contribution < 1.29 is 13.8 Å². The second kappa shape index (κ2) is 12.1. The molecule has 0 saturated carbocycles. The highest BCUT2D eigenvalue weighted by atomic mass is 32.2. The topological polar surface area (TPSA) is 94.3 Å². The summed E-state index contributed by atoms with van der Waals surface area (Å²) >= 11 is 0. The average Bonchev–Trinajstić information content (AvgIpc) is 3.35. The van der Waals surface area contributed by atoms with Crippen molar-refractivity contribution in [1.82, 2.24) is 15.2 Å². The summed E-state index contributed by atoms with van der Waals surface area (Å²) in [6.45, 7) is 13.7. The van der Waals surface area contributed by atoms with Gasteiger partial charge in [-0.25, -0.2) is 0 Å². The molecule has 1 unspecified atom stereocenters. The van der Waals surface area contributed by atoms with Crippen molar-refractivity contribution in [3.63, 3.8) is 0 Å². The summed E-state index contributed by atoms with van der Waals surface area (Å²) in [4.78, 5) is 32.3. The van der Waals surface area contributed by atoms with E-state index < -0.39 is 10.8 Å². The molecule has 2 heterocycles. The maximum atomic E-state index is 13.1. The zero-order chi connectivity index (χ0) is 28.3. The zero-order valence-electron chi connectivity index (χ0n) is 23.6. The van der Waals surface area contributed by atoms with Crippen LogP contribution >= 0.6 is 0 Å². The molecule has 206 valence electrons. The molecule has 1 aromatic heterocycles. The maximum Gasteiger partial charge on any atom is 0.256 e. The van der Waals surface area contributed by atoms with Crippen LogP contribution in [-0.2, 0) is 21.3 Å². The minimum Gasteiger partial charge on any atom is -0.358 e. The number of H-pyrrole nitrogens is 1. The molecule has 0 bridgehead atoms. The van der Waals surface area contributed by atoms with Gasteiger partial charge in [-0.05, 0) is 76.9 Å². The molecule has 39 heavy (non-hydrogen) atoms. The van der Waals surface area contributed by atoms with Crippen LogP contribution in [0.5, 0.6) is 0 Å². The number of nitrogens with zero attached hydrogens (tertiary/aromatic N) is 1. The van der Waals surface area contributed by atoms with Gasteiger partial charge in [0.25, 0.3) is 11.8 Å². The van der Waals surface area contributed by atoms with Crippen molar-refractivity contribution in [2.24, 2.45) is 0 Å². The van der Waals surface area contributed by atoms with Crippen LogP contribution in [0.3, 0.4) is 0 Å². The summed E-state index contributed by atoms with van der Waals surface area (Å²) < 4.78 is 13.1. The molecule has 3 N–H and O–H groups in total. The summed E-state index contributed by atoms with van der Waals surface area (Å²) in [6.07, 6.45) is 1.78. The third-order valence-corrected chi connectivity index (χ3v) is 8.53. The number of rotatable bonds is 10. The highest BCUT2D eigenvalue weighted by molar-refractivity contribution is 7.84. The van der Waals surface area contributed by atoms with Gasteiger partial charge in [0, 0.05) is 52.7 Å². The number of nitrogens with one attached hydrogen (secondary N) is 3. The van der Waals surface area contributed by atoms with E-state index in [2.05, 4.69) is 48.2 Å². The first kappa shape index (κ1) is 28.5. The molecule has 8 heteroatoms. The summed E-state index contributed by atoms with van der Waals surface area (Å²) in [6, 6.07) is 15.9. The number of benzene rings is 2. The molecule has 1 aliphatic heterocycles. The van der Waals surface area contributed by atoms with Crippen LogP contribution in [0, 0.1) is 13.8 Å². The number of carbonyl (C=O) groups is 2. The Labute approximate surface area is 233 Å². The van der Waals surface area contributed by atoms with Crippen LogP contribution in [0.1, 0.15) is 66.1 Å². The fourth-order valence-electron chi connectivity index (χ4n) is 5.16. The van der Waals surface area contributed by atoms with Crippen molar-refractivity contribution in [2.75, 3.05) is 18.4 Å². The predicted molar refractivity (Wildman–Crippen MR) is 159 cm³/mol. The molecule has 2 aromatic carbocycles. The Balaban J connectivity index is 1.55. The Morgan fingerprint density at radius 3 is 2.41 bits per heavy atom. The Kier molecular flexibility index (Phi) is 8.87. The lowest BCUT2D eigenvalue weighted by Crippen LogP contribution is -2.42. The van der Waals surface area contributed by atoms with Gasteiger partial charge in [0.2, 0.25) is 0 Å². The highest BCUT2D eigenvalue weighted by Gasteiger charge is 2.27. The second-order valence-electron chi connectivity index (χ2n) is 10.5. The minimum absolute atomic E-state index is 0.131. The van der Waals surface area contributed by atoms with Crippen LogP contribution < -0.4 is 10.6 Å². The number of hydrogen-bond acceptors (Lipinski definition) is 4. The fraction of sp³-hybridized carbons (Fsp3) is 0.355. The number of aromatic nitrogens is 1. The Bertz CT molecular complexity index is 1420.